The summed E-state index contributed by atoms with van der Waals surface area (Å²) in [5.41, 5.74) is 3.38. The molecule has 76 valence electrons. The Kier molecular flexibility index (Phi) is 5.05. The predicted octanol–water partition coefficient (Wildman–Crippen LogP) is 2.99. The predicted molar refractivity (Wildman–Crippen MR) is 59.8 cm³/mol. The fourth-order valence-corrected chi connectivity index (χ4v) is 1.37. The fraction of sp³-hybridized carbons (Fsp3) is 0.750. The Morgan fingerprint density at radius 1 is 1.31 bits per heavy atom. The molecule has 0 saturated heterocycles. The van der Waals surface area contributed by atoms with Gasteiger partial charge in [0.1, 0.15) is 0 Å². The van der Waals surface area contributed by atoms with Crippen molar-refractivity contribution in [3.05, 3.63) is 17.9 Å². The molecule has 2 unspecified atom stereocenters. The smallest absolute Gasteiger partial charge is 0.0133 e. The van der Waals surface area contributed by atoms with E-state index in [0.717, 1.165) is 0 Å². The van der Waals surface area contributed by atoms with Crippen molar-refractivity contribution in [2.45, 2.75) is 40.7 Å². The lowest BCUT2D eigenvalue weighted by molar-refractivity contribution is 0.224. The summed E-state index contributed by atoms with van der Waals surface area (Å²) >= 11 is 0. The molecular weight excluding hydrogens is 158 g/mol. The van der Waals surface area contributed by atoms with Crippen molar-refractivity contribution in [3.8, 4) is 0 Å². The molecule has 0 bridgehead atoms. The van der Waals surface area contributed by atoms with Crippen LogP contribution in [-0.4, -0.2) is 13.1 Å². The maximum Gasteiger partial charge on any atom is 0.0133 e. The molecule has 0 aromatic rings. The summed E-state index contributed by atoms with van der Waals surface area (Å²) < 4.78 is 0. The largest absolute Gasteiger partial charge is 0.316 e. The van der Waals surface area contributed by atoms with Crippen LogP contribution in [0.4, 0.5) is 0 Å². The molecule has 0 rings (SSSR count). The van der Waals surface area contributed by atoms with Crippen LogP contribution in [0.1, 0.15) is 34.6 Å². The summed E-state index contributed by atoms with van der Waals surface area (Å²) in [6.07, 6.45) is 4.14. The zero-order chi connectivity index (χ0) is 10.5. The van der Waals surface area contributed by atoms with Gasteiger partial charge in [-0.05, 0) is 39.0 Å². The number of rotatable bonds is 4. The first-order chi connectivity index (χ1) is 5.99. The Morgan fingerprint density at radius 2 is 1.85 bits per heavy atom. The van der Waals surface area contributed by atoms with E-state index in [-0.39, 0.29) is 5.41 Å². The molecule has 1 heteroatoms. The Hall–Kier alpha value is -0.520. The van der Waals surface area contributed by atoms with Crippen molar-refractivity contribution < 1.29 is 0 Å². The second kappa shape index (κ2) is 5.26. The molecule has 0 aromatic heterocycles. The van der Waals surface area contributed by atoms with Crippen LogP contribution in [-0.2, 0) is 0 Å². The summed E-state index contributed by atoms with van der Waals surface area (Å²) in [4.78, 5) is 0. The first kappa shape index (κ1) is 12.5. The maximum absolute atomic E-state index is 3.31. The molecule has 1 N–H and O–H groups in total. The van der Waals surface area contributed by atoms with Crippen molar-refractivity contribution in [1.29, 1.82) is 0 Å². The highest BCUT2D eigenvalue weighted by atomic mass is 14.9. The third kappa shape index (κ3) is 3.02. The third-order valence-electron chi connectivity index (χ3n) is 3.17. The first-order valence-electron chi connectivity index (χ1n) is 5.04. The monoisotopic (exact) mass is 181 g/mol. The highest BCUT2D eigenvalue weighted by molar-refractivity contribution is 5.03. The standard InChI is InChI=1S/C12H23N/c1-7-8-9-12(5,10(2)3)11(4)13-6/h7,9-11,13H,1-6H3. The normalized spacial score (nSPS) is 17.5. The van der Waals surface area contributed by atoms with E-state index in [0.29, 0.717) is 12.0 Å². The average Bonchev–Trinajstić information content (AvgIpc) is 2.12. The van der Waals surface area contributed by atoms with Gasteiger partial charge in [0.25, 0.3) is 0 Å². The van der Waals surface area contributed by atoms with Gasteiger partial charge in [0.2, 0.25) is 0 Å². The zero-order valence-electron chi connectivity index (χ0n) is 9.81. The number of hydrogen-bond acceptors (Lipinski definition) is 1. The van der Waals surface area contributed by atoms with E-state index in [9.17, 15) is 0 Å². The molecule has 0 aliphatic carbocycles. The lowest BCUT2D eigenvalue weighted by atomic mass is 9.73. The van der Waals surface area contributed by atoms with Gasteiger partial charge in [-0.2, -0.15) is 0 Å². The highest BCUT2D eigenvalue weighted by Gasteiger charge is 2.30. The molecule has 0 heterocycles. The van der Waals surface area contributed by atoms with Crippen molar-refractivity contribution >= 4 is 0 Å². The van der Waals surface area contributed by atoms with Crippen LogP contribution in [0.25, 0.3) is 0 Å². The van der Waals surface area contributed by atoms with Gasteiger partial charge < -0.3 is 5.32 Å². The van der Waals surface area contributed by atoms with Crippen LogP contribution >= 0.6 is 0 Å². The Morgan fingerprint density at radius 3 is 2.15 bits per heavy atom. The quantitative estimate of drug-likeness (QED) is 0.657. The minimum Gasteiger partial charge on any atom is -0.316 e. The van der Waals surface area contributed by atoms with E-state index in [4.69, 9.17) is 0 Å². The van der Waals surface area contributed by atoms with E-state index in [1.165, 1.54) is 0 Å². The van der Waals surface area contributed by atoms with Gasteiger partial charge >= 0.3 is 0 Å². The van der Waals surface area contributed by atoms with E-state index < -0.39 is 0 Å². The van der Waals surface area contributed by atoms with Crippen LogP contribution in [0, 0.1) is 11.3 Å². The molecule has 0 spiro atoms. The van der Waals surface area contributed by atoms with Gasteiger partial charge in [-0.3, -0.25) is 0 Å². The maximum atomic E-state index is 3.31. The average molecular weight is 181 g/mol. The summed E-state index contributed by atoms with van der Waals surface area (Å²) in [7, 11) is 2.01. The second-order valence-corrected chi connectivity index (χ2v) is 4.13. The van der Waals surface area contributed by atoms with Gasteiger partial charge in [-0.1, -0.05) is 20.8 Å². The molecule has 0 saturated carbocycles. The van der Waals surface area contributed by atoms with E-state index in [2.05, 4.69) is 44.8 Å². The van der Waals surface area contributed by atoms with Gasteiger partial charge in [0, 0.05) is 11.5 Å². The van der Waals surface area contributed by atoms with Crippen LogP contribution in [0.15, 0.2) is 17.9 Å². The van der Waals surface area contributed by atoms with E-state index in [1.807, 2.05) is 20.0 Å². The van der Waals surface area contributed by atoms with Gasteiger partial charge in [0.05, 0.1) is 0 Å². The second-order valence-electron chi connectivity index (χ2n) is 4.13. The van der Waals surface area contributed by atoms with Crippen LogP contribution in [0.5, 0.6) is 0 Å². The molecular formula is C12H23N. The summed E-state index contributed by atoms with van der Waals surface area (Å²) in [5, 5.41) is 3.31. The van der Waals surface area contributed by atoms with Crippen molar-refractivity contribution in [2.75, 3.05) is 7.05 Å². The number of nitrogens with one attached hydrogen (secondary N) is 1. The van der Waals surface area contributed by atoms with Crippen LogP contribution in [0.3, 0.4) is 0 Å². The minimum atomic E-state index is 0.182. The fourth-order valence-electron chi connectivity index (χ4n) is 1.37. The van der Waals surface area contributed by atoms with Crippen molar-refractivity contribution in [2.24, 2.45) is 11.3 Å². The molecule has 0 amide bonds. The molecule has 1 nitrogen and oxygen atoms in total. The van der Waals surface area contributed by atoms with Gasteiger partial charge in [-0.25, -0.2) is 0 Å². The molecule has 0 aliphatic rings. The van der Waals surface area contributed by atoms with E-state index >= 15 is 0 Å². The molecule has 2 atom stereocenters. The topological polar surface area (TPSA) is 12.0 Å². The Balaban J connectivity index is 4.83. The van der Waals surface area contributed by atoms with Gasteiger partial charge in [0.15, 0.2) is 0 Å². The number of hydrogen-bond donors (Lipinski definition) is 1. The van der Waals surface area contributed by atoms with Gasteiger partial charge in [-0.15, -0.1) is 5.73 Å². The van der Waals surface area contributed by atoms with E-state index in [1.54, 1.807) is 0 Å². The summed E-state index contributed by atoms with van der Waals surface area (Å²) in [5.74, 6) is 0.613. The Bertz CT molecular complexity index is 199. The lowest BCUT2D eigenvalue weighted by Crippen LogP contribution is -2.41. The molecule has 13 heavy (non-hydrogen) atoms. The molecule has 0 radical (unpaired) electrons. The summed E-state index contributed by atoms with van der Waals surface area (Å²) in [6.45, 7) is 11.0. The van der Waals surface area contributed by atoms with Crippen LogP contribution < -0.4 is 5.32 Å². The lowest BCUT2D eigenvalue weighted by Gasteiger charge is -2.36. The zero-order valence-corrected chi connectivity index (χ0v) is 9.81. The molecule has 0 fully saturated rings. The first-order valence-corrected chi connectivity index (χ1v) is 5.04. The Labute approximate surface area is 82.9 Å². The van der Waals surface area contributed by atoms with Crippen molar-refractivity contribution in [1.82, 2.24) is 5.32 Å². The van der Waals surface area contributed by atoms with Crippen LogP contribution in [0.2, 0.25) is 0 Å². The van der Waals surface area contributed by atoms with Crippen molar-refractivity contribution in [3.63, 3.8) is 0 Å². The molecule has 0 aliphatic heterocycles. The highest BCUT2D eigenvalue weighted by Crippen LogP contribution is 2.32. The molecule has 0 aromatic carbocycles. The third-order valence-corrected chi connectivity index (χ3v) is 3.17. The summed E-state index contributed by atoms with van der Waals surface area (Å²) in [6, 6.07) is 0.472. The SMILES string of the molecule is CC=C=CC(C)(C(C)C)C(C)NC. The minimum absolute atomic E-state index is 0.182.